The van der Waals surface area contributed by atoms with Crippen LogP contribution >= 0.6 is 0 Å². The zero-order valence-electron chi connectivity index (χ0n) is 15.9. The number of aromatic amines is 1. The van der Waals surface area contributed by atoms with Crippen LogP contribution in [0.5, 0.6) is 5.88 Å². The summed E-state index contributed by atoms with van der Waals surface area (Å²) in [6.07, 6.45) is 1.76. The number of aromatic nitrogens is 2. The number of ether oxygens (including phenoxy) is 1. The number of H-pyrrole nitrogens is 1. The Bertz CT molecular complexity index is 1180. The molecule has 0 amide bonds. The Morgan fingerprint density at radius 3 is 2.45 bits per heavy atom. The van der Waals surface area contributed by atoms with Gasteiger partial charge in [-0.1, -0.05) is 42.5 Å². The number of sulfonamides is 1. The van der Waals surface area contributed by atoms with Gasteiger partial charge in [0.1, 0.15) is 5.03 Å². The standard InChI is InChI=1S/C22H21N3O3S/c1-2-28-21-12-11-19(15-23-21)17-9-7-16(8-10-17)14-24-29(26,27)22-13-18-5-3-4-6-20(18)25-22/h3-13,15,24-25H,2,14H2,1H3. The zero-order valence-corrected chi connectivity index (χ0v) is 16.7. The first kappa shape index (κ1) is 19.2. The minimum Gasteiger partial charge on any atom is -0.478 e. The Balaban J connectivity index is 1.44. The summed E-state index contributed by atoms with van der Waals surface area (Å²) < 4.78 is 33.2. The highest BCUT2D eigenvalue weighted by molar-refractivity contribution is 7.89. The van der Waals surface area contributed by atoms with Gasteiger partial charge >= 0.3 is 0 Å². The molecule has 29 heavy (non-hydrogen) atoms. The molecule has 0 radical (unpaired) electrons. The van der Waals surface area contributed by atoms with Gasteiger partial charge in [-0.05, 0) is 36.2 Å². The molecule has 0 aliphatic heterocycles. The molecule has 4 aromatic rings. The van der Waals surface area contributed by atoms with E-state index in [-0.39, 0.29) is 11.6 Å². The van der Waals surface area contributed by atoms with E-state index in [1.54, 1.807) is 12.3 Å². The Kier molecular flexibility index (Phi) is 5.33. The van der Waals surface area contributed by atoms with Crippen molar-refractivity contribution in [2.45, 2.75) is 18.5 Å². The molecular weight excluding hydrogens is 386 g/mol. The fourth-order valence-electron chi connectivity index (χ4n) is 3.05. The van der Waals surface area contributed by atoms with Crippen molar-refractivity contribution in [3.63, 3.8) is 0 Å². The summed E-state index contributed by atoms with van der Waals surface area (Å²) >= 11 is 0. The van der Waals surface area contributed by atoms with E-state index in [0.717, 1.165) is 27.6 Å². The molecule has 7 heteroatoms. The van der Waals surface area contributed by atoms with Gasteiger partial charge in [-0.15, -0.1) is 0 Å². The Morgan fingerprint density at radius 2 is 1.76 bits per heavy atom. The van der Waals surface area contributed by atoms with Crippen LogP contribution in [-0.4, -0.2) is 25.0 Å². The molecule has 0 saturated carbocycles. The van der Waals surface area contributed by atoms with Crippen LogP contribution in [0.15, 0.2) is 78.0 Å². The van der Waals surface area contributed by atoms with Crippen molar-refractivity contribution in [3.8, 4) is 17.0 Å². The second kappa shape index (κ2) is 8.06. The van der Waals surface area contributed by atoms with Crippen LogP contribution in [0.25, 0.3) is 22.0 Å². The van der Waals surface area contributed by atoms with Crippen LogP contribution in [0.1, 0.15) is 12.5 Å². The molecule has 2 heterocycles. The second-order valence-electron chi connectivity index (χ2n) is 6.56. The molecule has 0 aliphatic carbocycles. The molecule has 4 rings (SSSR count). The van der Waals surface area contributed by atoms with Crippen molar-refractivity contribution in [1.29, 1.82) is 0 Å². The number of rotatable bonds is 7. The number of pyridine rings is 1. The number of nitrogens with one attached hydrogen (secondary N) is 2. The molecule has 2 N–H and O–H groups in total. The first-order chi connectivity index (χ1) is 14.0. The van der Waals surface area contributed by atoms with E-state index in [1.165, 1.54) is 0 Å². The van der Waals surface area contributed by atoms with Crippen molar-refractivity contribution in [1.82, 2.24) is 14.7 Å². The topological polar surface area (TPSA) is 84.1 Å². The molecule has 6 nitrogen and oxygen atoms in total. The Hall–Kier alpha value is -3.16. The van der Waals surface area contributed by atoms with E-state index in [2.05, 4.69) is 14.7 Å². The highest BCUT2D eigenvalue weighted by Crippen LogP contribution is 2.22. The van der Waals surface area contributed by atoms with E-state index in [9.17, 15) is 8.42 Å². The lowest BCUT2D eigenvalue weighted by molar-refractivity contribution is 0.327. The maximum absolute atomic E-state index is 12.6. The zero-order chi connectivity index (χ0) is 20.3. The average molecular weight is 407 g/mol. The van der Waals surface area contributed by atoms with Gasteiger partial charge in [-0.2, -0.15) is 0 Å². The third kappa shape index (κ3) is 4.31. The van der Waals surface area contributed by atoms with E-state index < -0.39 is 10.0 Å². The number of para-hydroxylation sites is 1. The lowest BCUT2D eigenvalue weighted by Crippen LogP contribution is -2.23. The molecular formula is C22H21N3O3S. The third-order valence-corrected chi connectivity index (χ3v) is 5.90. The van der Waals surface area contributed by atoms with Crippen LogP contribution in [0.2, 0.25) is 0 Å². The molecule has 0 atom stereocenters. The lowest BCUT2D eigenvalue weighted by Gasteiger charge is -2.07. The van der Waals surface area contributed by atoms with Gasteiger partial charge in [-0.3, -0.25) is 0 Å². The van der Waals surface area contributed by atoms with E-state index in [4.69, 9.17) is 4.74 Å². The van der Waals surface area contributed by atoms with Gasteiger partial charge in [0.25, 0.3) is 10.0 Å². The quantitative estimate of drug-likeness (QED) is 0.483. The molecule has 0 spiro atoms. The van der Waals surface area contributed by atoms with Crippen LogP contribution in [0.3, 0.4) is 0 Å². The third-order valence-electron chi connectivity index (χ3n) is 4.58. The Labute approximate surface area is 169 Å². The van der Waals surface area contributed by atoms with Gasteiger partial charge in [0.15, 0.2) is 0 Å². The monoisotopic (exact) mass is 407 g/mol. The maximum atomic E-state index is 12.6. The van der Waals surface area contributed by atoms with E-state index in [1.807, 2.05) is 67.6 Å². The van der Waals surface area contributed by atoms with Gasteiger partial charge < -0.3 is 9.72 Å². The van der Waals surface area contributed by atoms with Crippen molar-refractivity contribution < 1.29 is 13.2 Å². The van der Waals surface area contributed by atoms with Gasteiger partial charge in [-0.25, -0.2) is 18.1 Å². The number of hydrogen-bond acceptors (Lipinski definition) is 4. The van der Waals surface area contributed by atoms with Crippen molar-refractivity contribution >= 4 is 20.9 Å². The summed E-state index contributed by atoms with van der Waals surface area (Å²) in [6.45, 7) is 2.70. The van der Waals surface area contributed by atoms with Crippen LogP contribution in [-0.2, 0) is 16.6 Å². The number of benzene rings is 2. The SMILES string of the molecule is CCOc1ccc(-c2ccc(CNS(=O)(=O)c3cc4ccccc4[nH]3)cc2)cn1. The van der Waals surface area contributed by atoms with Gasteiger partial charge in [0.2, 0.25) is 5.88 Å². The molecule has 0 bridgehead atoms. The molecule has 2 aromatic carbocycles. The summed E-state index contributed by atoms with van der Waals surface area (Å²) in [5, 5.41) is 1.02. The predicted molar refractivity (Wildman–Crippen MR) is 113 cm³/mol. The second-order valence-corrected chi connectivity index (χ2v) is 8.30. The predicted octanol–water partition coefficient (Wildman–Crippen LogP) is 4.11. The lowest BCUT2D eigenvalue weighted by atomic mass is 10.1. The number of nitrogens with zero attached hydrogens (tertiary/aromatic N) is 1. The van der Waals surface area contributed by atoms with Gasteiger partial charge in [0.05, 0.1) is 6.61 Å². The summed E-state index contributed by atoms with van der Waals surface area (Å²) in [6, 6.07) is 20.6. The number of hydrogen-bond donors (Lipinski definition) is 2. The molecule has 148 valence electrons. The first-order valence-electron chi connectivity index (χ1n) is 9.31. The first-order valence-corrected chi connectivity index (χ1v) is 10.8. The molecule has 0 aliphatic rings. The molecule has 0 saturated heterocycles. The summed E-state index contributed by atoms with van der Waals surface area (Å²) in [5.74, 6) is 0.597. The smallest absolute Gasteiger partial charge is 0.256 e. The summed E-state index contributed by atoms with van der Waals surface area (Å²) in [4.78, 5) is 7.22. The van der Waals surface area contributed by atoms with Crippen LogP contribution < -0.4 is 9.46 Å². The largest absolute Gasteiger partial charge is 0.478 e. The van der Waals surface area contributed by atoms with E-state index in [0.29, 0.717) is 12.5 Å². The Morgan fingerprint density at radius 1 is 1.00 bits per heavy atom. The highest BCUT2D eigenvalue weighted by Gasteiger charge is 2.16. The molecule has 0 unspecified atom stereocenters. The normalized spacial score (nSPS) is 11.6. The minimum absolute atomic E-state index is 0.163. The summed E-state index contributed by atoms with van der Waals surface area (Å²) in [5.41, 5.74) is 3.63. The van der Waals surface area contributed by atoms with Gasteiger partial charge in [0, 0.05) is 35.3 Å². The summed E-state index contributed by atoms with van der Waals surface area (Å²) in [7, 11) is -3.62. The van der Waals surface area contributed by atoms with Crippen molar-refractivity contribution in [2.24, 2.45) is 0 Å². The maximum Gasteiger partial charge on any atom is 0.256 e. The van der Waals surface area contributed by atoms with Crippen LogP contribution in [0.4, 0.5) is 0 Å². The van der Waals surface area contributed by atoms with E-state index >= 15 is 0 Å². The minimum atomic E-state index is -3.62. The molecule has 2 aromatic heterocycles. The van der Waals surface area contributed by atoms with Crippen molar-refractivity contribution in [2.75, 3.05) is 6.61 Å². The van der Waals surface area contributed by atoms with Crippen molar-refractivity contribution in [3.05, 3.63) is 78.5 Å². The highest BCUT2D eigenvalue weighted by atomic mass is 32.2. The fraction of sp³-hybridized carbons (Fsp3) is 0.136. The average Bonchev–Trinajstić information content (AvgIpc) is 3.19. The fourth-order valence-corrected chi connectivity index (χ4v) is 4.09. The number of fused-ring (bicyclic) bond motifs is 1. The molecule has 0 fully saturated rings. The van der Waals surface area contributed by atoms with Crippen LogP contribution in [0, 0.1) is 0 Å².